The molecule has 0 aliphatic carbocycles. The Morgan fingerprint density at radius 1 is 1.00 bits per heavy atom. The van der Waals surface area contributed by atoms with Gasteiger partial charge in [0.1, 0.15) is 0 Å². The van der Waals surface area contributed by atoms with Crippen LogP contribution in [-0.2, 0) is 17.1 Å². The zero-order valence-corrected chi connectivity index (χ0v) is 12.5. The van der Waals surface area contributed by atoms with Gasteiger partial charge in [0.25, 0.3) is 0 Å². The van der Waals surface area contributed by atoms with Crippen molar-refractivity contribution in [2.75, 3.05) is 0 Å². The van der Waals surface area contributed by atoms with E-state index in [0.717, 1.165) is 0 Å². The summed E-state index contributed by atoms with van der Waals surface area (Å²) in [5.41, 5.74) is 0. The summed E-state index contributed by atoms with van der Waals surface area (Å²) in [6, 6.07) is 0. The molecule has 0 saturated carbocycles. The zero-order chi connectivity index (χ0) is 0. The fourth-order valence-electron chi connectivity index (χ4n) is 0. The minimum atomic E-state index is 0. The van der Waals surface area contributed by atoms with Crippen molar-refractivity contribution in [2.45, 2.75) is 0 Å². The second kappa shape index (κ2) is 16.1. The van der Waals surface area contributed by atoms with Crippen LogP contribution < -0.4 is 0 Å². The molecular formula is AlFeThU. The topological polar surface area (TPSA) is 0 Å². The third kappa shape index (κ3) is 9.06. The Bertz CT molecular complexity index is 8.00. The summed E-state index contributed by atoms with van der Waals surface area (Å²) < 4.78 is 0. The van der Waals surface area contributed by atoms with Gasteiger partial charge in [0.05, 0.1) is 0 Å². The minimum Gasteiger partial charge on any atom is 0 e. The fourth-order valence-corrected chi connectivity index (χ4v) is 0. The van der Waals surface area contributed by atoms with E-state index in [4.69, 9.17) is 0 Å². The molecule has 0 saturated heterocycles. The van der Waals surface area contributed by atoms with Gasteiger partial charge in [-0.05, 0) is 0 Å². The van der Waals surface area contributed by atoms with Crippen molar-refractivity contribution in [3.05, 3.63) is 0 Å². The van der Waals surface area contributed by atoms with E-state index in [-0.39, 0.29) is 105 Å². The van der Waals surface area contributed by atoms with E-state index in [2.05, 4.69) is 0 Å². The molecule has 0 bridgehead atoms. The average Bonchev–Trinajstić information content (AvgIpc) is 0. The Labute approximate surface area is 103 Å². The third-order valence-electron chi connectivity index (χ3n) is 0. The van der Waals surface area contributed by atoms with Gasteiger partial charge in [-0.15, -0.1) is 0 Å². The van der Waals surface area contributed by atoms with Gasteiger partial charge in [0.15, 0.2) is 0 Å². The molecule has 0 amide bonds. The molecule has 0 aromatic heterocycles. The van der Waals surface area contributed by atoms with E-state index in [0.29, 0.717) is 0 Å². The van der Waals surface area contributed by atoms with Crippen molar-refractivity contribution in [3.63, 3.8) is 0 Å². The second-order valence-electron chi connectivity index (χ2n) is 0. The van der Waals surface area contributed by atoms with Crippen LogP contribution >= 0.6 is 0 Å². The molecule has 3 radical (unpaired) electrons. The Kier molecular flexibility index (Phi) is 105. The van der Waals surface area contributed by atoms with Crippen LogP contribution in [0.2, 0.25) is 0 Å². The molecule has 0 aliphatic rings. The molecule has 0 rings (SSSR count). The van der Waals surface area contributed by atoms with Crippen LogP contribution in [0.25, 0.3) is 0 Å². The van der Waals surface area contributed by atoms with Gasteiger partial charge in [-0.3, -0.25) is 0 Å². The summed E-state index contributed by atoms with van der Waals surface area (Å²) in [4.78, 5) is 0. The molecule has 0 atom stereocenters. The summed E-state index contributed by atoms with van der Waals surface area (Å²) in [5, 5.41) is 0. The number of hydrogen-bond donors (Lipinski definition) is 0. The van der Waals surface area contributed by atoms with Crippen LogP contribution in [0.1, 0.15) is 0 Å². The van der Waals surface area contributed by atoms with E-state index in [9.17, 15) is 0 Å². The van der Waals surface area contributed by atoms with Crippen LogP contribution in [-0.4, -0.2) is 17.4 Å². The summed E-state index contributed by atoms with van der Waals surface area (Å²) in [5.74, 6) is 0. The molecule has 19 valence electrons. The van der Waals surface area contributed by atoms with E-state index in [1.165, 1.54) is 0 Å². The first kappa shape index (κ1) is 26.1. The van der Waals surface area contributed by atoms with Crippen molar-refractivity contribution >= 4 is 17.4 Å². The molecule has 0 aliphatic heterocycles. The second-order valence-corrected chi connectivity index (χ2v) is 0. The predicted octanol–water partition coefficient (Wildman–Crippen LogP) is -0.383. The van der Waals surface area contributed by atoms with Crippen molar-refractivity contribution < 1.29 is 88.1 Å². The molecular weight excluding hydrogens is 553 g/mol. The van der Waals surface area contributed by atoms with Gasteiger partial charge < -0.3 is 0 Å². The SMILES string of the molecule is [Al].[Fe].[Th].[U]. The maximum atomic E-state index is 0. The Balaban J connectivity index is 0. The molecule has 0 spiro atoms. The van der Waals surface area contributed by atoms with E-state index >= 15 is 0 Å². The molecule has 0 fully saturated rings. The van der Waals surface area contributed by atoms with Gasteiger partial charge >= 0.3 is 0 Å². The molecule has 0 unspecified atom stereocenters. The quantitative estimate of drug-likeness (QED) is 0.360. The fraction of sp³-hybridized carbons (Fsp3) is 0. The molecule has 0 aromatic rings. The van der Waals surface area contributed by atoms with Crippen LogP contribution in [0, 0.1) is 71.1 Å². The van der Waals surface area contributed by atoms with Crippen molar-refractivity contribution in [1.29, 1.82) is 0 Å². The van der Waals surface area contributed by atoms with Gasteiger partial charge in [0.2, 0.25) is 0 Å². The maximum absolute atomic E-state index is 0. The first-order valence-corrected chi connectivity index (χ1v) is 0. The summed E-state index contributed by atoms with van der Waals surface area (Å²) in [6.07, 6.45) is 0. The maximum Gasteiger partial charge on any atom is 0 e. The molecule has 0 heterocycles. The van der Waals surface area contributed by atoms with Crippen LogP contribution in [0.5, 0.6) is 0 Å². The van der Waals surface area contributed by atoms with Gasteiger partial charge in [0, 0.05) is 105 Å². The Hall–Kier alpha value is 3.43. The molecule has 0 nitrogen and oxygen atoms in total. The molecule has 4 heteroatoms. The monoisotopic (exact) mass is 553 g/mol. The summed E-state index contributed by atoms with van der Waals surface area (Å²) in [6.45, 7) is 0. The minimum absolute atomic E-state index is 0. The zero-order valence-electron chi connectivity index (χ0n) is 1.93. The Morgan fingerprint density at radius 3 is 1.00 bits per heavy atom. The molecule has 4 heavy (non-hydrogen) atoms. The molecule has 0 N–H and O–H groups in total. The van der Waals surface area contributed by atoms with Crippen LogP contribution in [0.4, 0.5) is 0 Å². The largest absolute Gasteiger partial charge is 0 e. The normalized spacial score (nSPS) is 0. The third-order valence-corrected chi connectivity index (χ3v) is 0. The van der Waals surface area contributed by atoms with Crippen molar-refractivity contribution in [2.24, 2.45) is 0 Å². The smallest absolute Gasteiger partial charge is 0 e. The van der Waals surface area contributed by atoms with Crippen molar-refractivity contribution in [1.82, 2.24) is 0 Å². The first-order valence-electron chi connectivity index (χ1n) is 0. The average molecular weight is 553 g/mol. The van der Waals surface area contributed by atoms with E-state index < -0.39 is 0 Å². The number of rotatable bonds is 0. The van der Waals surface area contributed by atoms with Crippen LogP contribution in [0.15, 0.2) is 0 Å². The molecule has 0 aromatic carbocycles. The van der Waals surface area contributed by atoms with Gasteiger partial charge in [-0.25, -0.2) is 0 Å². The number of hydrogen-bond acceptors (Lipinski definition) is 0. The van der Waals surface area contributed by atoms with Gasteiger partial charge in [-0.2, -0.15) is 0 Å². The van der Waals surface area contributed by atoms with E-state index in [1.54, 1.807) is 0 Å². The predicted molar refractivity (Wildman–Crippen MR) is 5.75 cm³/mol. The van der Waals surface area contributed by atoms with E-state index in [1.807, 2.05) is 0 Å². The standard InChI is InChI=1S/Al.Fe.Th.U. The van der Waals surface area contributed by atoms with Crippen LogP contribution in [0.3, 0.4) is 0 Å². The first-order chi connectivity index (χ1) is 0. The summed E-state index contributed by atoms with van der Waals surface area (Å²) in [7, 11) is 0. The van der Waals surface area contributed by atoms with Gasteiger partial charge in [-0.1, -0.05) is 0 Å². The Morgan fingerprint density at radius 2 is 1.00 bits per heavy atom. The summed E-state index contributed by atoms with van der Waals surface area (Å²) >= 11 is 0. The van der Waals surface area contributed by atoms with Crippen molar-refractivity contribution in [3.8, 4) is 0 Å².